The van der Waals surface area contributed by atoms with Crippen molar-refractivity contribution >= 4 is 11.8 Å². The summed E-state index contributed by atoms with van der Waals surface area (Å²) in [5.41, 5.74) is 0.389. The summed E-state index contributed by atoms with van der Waals surface area (Å²) in [5.74, 6) is -0.847. The van der Waals surface area contributed by atoms with Crippen LogP contribution in [0.5, 0.6) is 0 Å². The Morgan fingerprint density at radius 2 is 2.28 bits per heavy atom. The maximum atomic E-state index is 11.2. The second-order valence-electron chi connectivity index (χ2n) is 4.39. The fourth-order valence-electron chi connectivity index (χ4n) is 2.30. The summed E-state index contributed by atoms with van der Waals surface area (Å²) < 4.78 is 0. The van der Waals surface area contributed by atoms with Gasteiger partial charge in [-0.05, 0) is 18.9 Å². The Kier molecular flexibility index (Phi) is 3.72. The van der Waals surface area contributed by atoms with Gasteiger partial charge in [-0.25, -0.2) is 0 Å². The Morgan fingerprint density at radius 3 is 3.00 bits per heavy atom. The molecule has 6 heteroatoms. The third kappa shape index (κ3) is 2.56. The zero-order chi connectivity index (χ0) is 13.0. The first-order valence-corrected chi connectivity index (χ1v) is 5.93. The molecule has 1 aliphatic carbocycles. The Labute approximate surface area is 105 Å². The third-order valence-corrected chi connectivity index (χ3v) is 3.25. The molecule has 94 valence electrons. The highest BCUT2D eigenvalue weighted by Crippen LogP contribution is 2.27. The van der Waals surface area contributed by atoms with Gasteiger partial charge in [0.2, 0.25) is 0 Å². The molecule has 6 nitrogen and oxygen atoms in total. The van der Waals surface area contributed by atoms with Crippen LogP contribution in [0.25, 0.3) is 0 Å². The van der Waals surface area contributed by atoms with Crippen molar-refractivity contribution in [3.63, 3.8) is 0 Å². The van der Waals surface area contributed by atoms with E-state index in [9.17, 15) is 9.90 Å². The highest BCUT2D eigenvalue weighted by molar-refractivity contribution is 5.72. The predicted molar refractivity (Wildman–Crippen MR) is 63.8 cm³/mol. The summed E-state index contributed by atoms with van der Waals surface area (Å²) >= 11 is 0. The molecule has 0 amide bonds. The SMILES string of the molecule is N#Cc1ccnnc1NC1CCCCC1C(=O)O. The average molecular weight is 246 g/mol. The molecule has 1 heterocycles. The quantitative estimate of drug-likeness (QED) is 0.836. The van der Waals surface area contributed by atoms with Crippen LogP contribution in [0.4, 0.5) is 5.82 Å². The summed E-state index contributed by atoms with van der Waals surface area (Å²) in [6.45, 7) is 0. The third-order valence-electron chi connectivity index (χ3n) is 3.25. The number of nitrogens with one attached hydrogen (secondary N) is 1. The molecule has 2 rings (SSSR count). The van der Waals surface area contributed by atoms with Gasteiger partial charge in [0, 0.05) is 6.04 Å². The van der Waals surface area contributed by atoms with Crippen molar-refractivity contribution in [1.82, 2.24) is 10.2 Å². The van der Waals surface area contributed by atoms with Gasteiger partial charge in [-0.3, -0.25) is 4.79 Å². The molecular formula is C12H14N4O2. The smallest absolute Gasteiger partial charge is 0.308 e. The summed E-state index contributed by atoms with van der Waals surface area (Å²) in [7, 11) is 0. The number of aromatic nitrogens is 2. The number of rotatable bonds is 3. The zero-order valence-corrected chi connectivity index (χ0v) is 9.83. The van der Waals surface area contributed by atoms with E-state index in [4.69, 9.17) is 5.26 Å². The minimum atomic E-state index is -0.797. The summed E-state index contributed by atoms with van der Waals surface area (Å²) in [6, 6.07) is 3.40. The summed E-state index contributed by atoms with van der Waals surface area (Å²) in [5, 5.41) is 28.8. The molecule has 2 N–H and O–H groups in total. The molecule has 0 bridgehead atoms. The van der Waals surface area contributed by atoms with Gasteiger partial charge in [0.25, 0.3) is 0 Å². The highest BCUT2D eigenvalue weighted by atomic mass is 16.4. The predicted octanol–water partition coefficient (Wildman–Crippen LogP) is 1.40. The first-order valence-electron chi connectivity index (χ1n) is 5.93. The lowest BCUT2D eigenvalue weighted by Gasteiger charge is -2.29. The van der Waals surface area contributed by atoms with Crippen LogP contribution < -0.4 is 5.32 Å². The lowest BCUT2D eigenvalue weighted by molar-refractivity contribution is -0.143. The van der Waals surface area contributed by atoms with Gasteiger partial charge in [-0.2, -0.15) is 10.4 Å². The molecule has 1 saturated carbocycles. The number of aliphatic carboxylic acids is 1. The molecule has 1 aromatic rings. The number of hydrogen-bond acceptors (Lipinski definition) is 5. The van der Waals surface area contributed by atoms with E-state index in [0.29, 0.717) is 17.8 Å². The van der Waals surface area contributed by atoms with Gasteiger partial charge in [-0.15, -0.1) is 5.10 Å². The normalized spacial score (nSPS) is 23.1. The fraction of sp³-hybridized carbons (Fsp3) is 0.500. The Balaban J connectivity index is 2.16. The maximum Gasteiger partial charge on any atom is 0.308 e. The van der Waals surface area contributed by atoms with E-state index in [0.717, 1.165) is 19.3 Å². The van der Waals surface area contributed by atoms with Crippen LogP contribution in [-0.2, 0) is 4.79 Å². The Hall–Kier alpha value is -2.16. The lowest BCUT2D eigenvalue weighted by Crippen LogP contribution is -2.37. The summed E-state index contributed by atoms with van der Waals surface area (Å²) in [4.78, 5) is 11.2. The van der Waals surface area contributed by atoms with Crippen molar-refractivity contribution in [3.8, 4) is 6.07 Å². The highest BCUT2D eigenvalue weighted by Gasteiger charge is 2.31. The van der Waals surface area contributed by atoms with E-state index in [1.165, 1.54) is 6.20 Å². The van der Waals surface area contributed by atoms with Gasteiger partial charge in [0.05, 0.1) is 17.7 Å². The first-order chi connectivity index (χ1) is 8.72. The molecule has 2 unspecified atom stereocenters. The number of carbonyl (C=O) groups is 1. The monoisotopic (exact) mass is 246 g/mol. The number of hydrogen-bond donors (Lipinski definition) is 2. The van der Waals surface area contributed by atoms with Crippen molar-refractivity contribution in [3.05, 3.63) is 17.8 Å². The zero-order valence-electron chi connectivity index (χ0n) is 9.83. The summed E-state index contributed by atoms with van der Waals surface area (Å²) in [6.07, 6.45) is 4.80. The van der Waals surface area contributed by atoms with Crippen molar-refractivity contribution in [2.24, 2.45) is 5.92 Å². The fourth-order valence-corrected chi connectivity index (χ4v) is 2.30. The van der Waals surface area contributed by atoms with Crippen LogP contribution in [-0.4, -0.2) is 27.3 Å². The Morgan fingerprint density at radius 1 is 1.50 bits per heavy atom. The van der Waals surface area contributed by atoms with E-state index in [2.05, 4.69) is 15.5 Å². The van der Waals surface area contributed by atoms with Gasteiger partial charge in [-0.1, -0.05) is 12.8 Å². The van der Waals surface area contributed by atoms with Crippen LogP contribution in [0, 0.1) is 17.2 Å². The van der Waals surface area contributed by atoms with E-state index < -0.39 is 11.9 Å². The first kappa shape index (κ1) is 12.3. The van der Waals surface area contributed by atoms with E-state index in [1.54, 1.807) is 6.07 Å². The standard InChI is InChI=1S/C12H14N4O2/c13-7-8-5-6-14-16-11(8)15-10-4-2-1-3-9(10)12(17)18/h5-6,9-10H,1-4H2,(H,15,16)(H,17,18). The molecule has 0 spiro atoms. The second kappa shape index (κ2) is 5.45. The van der Waals surface area contributed by atoms with Crippen LogP contribution in [0.15, 0.2) is 12.3 Å². The minimum Gasteiger partial charge on any atom is -0.481 e. The molecule has 1 aliphatic rings. The molecule has 2 atom stereocenters. The van der Waals surface area contributed by atoms with Crippen molar-refractivity contribution in [2.75, 3.05) is 5.32 Å². The largest absolute Gasteiger partial charge is 0.481 e. The van der Waals surface area contributed by atoms with Crippen molar-refractivity contribution in [2.45, 2.75) is 31.7 Å². The van der Waals surface area contributed by atoms with E-state index in [1.807, 2.05) is 6.07 Å². The molecule has 0 radical (unpaired) electrons. The number of nitrogens with zero attached hydrogens (tertiary/aromatic N) is 3. The van der Waals surface area contributed by atoms with E-state index in [-0.39, 0.29) is 6.04 Å². The Bertz CT molecular complexity index is 483. The van der Waals surface area contributed by atoms with E-state index >= 15 is 0 Å². The van der Waals surface area contributed by atoms with Gasteiger partial charge >= 0.3 is 5.97 Å². The molecule has 18 heavy (non-hydrogen) atoms. The average Bonchev–Trinajstić information content (AvgIpc) is 2.40. The topological polar surface area (TPSA) is 98.9 Å². The van der Waals surface area contributed by atoms with Crippen LogP contribution in [0.1, 0.15) is 31.2 Å². The molecular weight excluding hydrogens is 232 g/mol. The van der Waals surface area contributed by atoms with Crippen molar-refractivity contribution < 1.29 is 9.90 Å². The van der Waals surface area contributed by atoms with Crippen molar-refractivity contribution in [1.29, 1.82) is 5.26 Å². The maximum absolute atomic E-state index is 11.2. The molecule has 1 fully saturated rings. The number of carboxylic acids is 1. The molecule has 0 aromatic carbocycles. The second-order valence-corrected chi connectivity index (χ2v) is 4.39. The number of anilines is 1. The van der Waals surface area contributed by atoms with Gasteiger partial charge in [0.15, 0.2) is 5.82 Å². The lowest BCUT2D eigenvalue weighted by atomic mass is 9.84. The van der Waals surface area contributed by atoms with Gasteiger partial charge in [0.1, 0.15) is 6.07 Å². The molecule has 0 aliphatic heterocycles. The number of carboxylic acid groups (broad SMARTS) is 1. The number of nitriles is 1. The molecule has 0 saturated heterocycles. The van der Waals surface area contributed by atoms with Gasteiger partial charge < -0.3 is 10.4 Å². The van der Waals surface area contributed by atoms with Crippen LogP contribution >= 0.6 is 0 Å². The van der Waals surface area contributed by atoms with Crippen LogP contribution in [0.3, 0.4) is 0 Å². The minimum absolute atomic E-state index is 0.181. The van der Waals surface area contributed by atoms with Crippen LogP contribution in [0.2, 0.25) is 0 Å². The molecule has 1 aromatic heterocycles.